The van der Waals surface area contributed by atoms with E-state index >= 15 is 0 Å². The van der Waals surface area contributed by atoms with Crippen molar-refractivity contribution in [1.82, 2.24) is 0 Å². The minimum atomic E-state index is -0.773. The first-order valence-electron chi connectivity index (χ1n) is 9.52. The molecule has 0 aliphatic carbocycles. The van der Waals surface area contributed by atoms with Gasteiger partial charge in [-0.3, -0.25) is 0 Å². The summed E-state index contributed by atoms with van der Waals surface area (Å²) in [5.41, 5.74) is 9.28. The van der Waals surface area contributed by atoms with Crippen molar-refractivity contribution in [2.75, 3.05) is 0 Å². The van der Waals surface area contributed by atoms with Crippen LogP contribution in [0.25, 0.3) is 11.1 Å². The number of hydrogen-bond acceptors (Lipinski definition) is 1. The first-order chi connectivity index (χ1) is 14.1. The summed E-state index contributed by atoms with van der Waals surface area (Å²) in [6.45, 7) is 2.19. The molecule has 0 unspecified atom stereocenters. The number of unbranched alkanes of at least 4 members (excludes halogenated alkanes) is 1. The van der Waals surface area contributed by atoms with E-state index in [1.165, 1.54) is 18.4 Å². The molecule has 30 heavy (non-hydrogen) atoms. The Morgan fingerprint density at radius 2 is 1.30 bits per heavy atom. The standard InChI is InChI=1S/C26H21F2N.Na/c1-2-3-4-19-7-11-22(12-8-19)23-13-9-20(10-14-23)5-6-21-17-25(27)24(15-16-29)26(28)18-21;/h7-14,17-18H,2-4,29H2,1H3;. The summed E-state index contributed by atoms with van der Waals surface area (Å²) in [4.78, 5) is 0. The van der Waals surface area contributed by atoms with E-state index in [4.69, 9.17) is 5.73 Å². The number of benzene rings is 3. The second-order valence-corrected chi connectivity index (χ2v) is 6.71. The Balaban J connectivity index is 0.00000320. The van der Waals surface area contributed by atoms with Crippen molar-refractivity contribution >= 4 is 29.6 Å². The van der Waals surface area contributed by atoms with Crippen LogP contribution in [0, 0.1) is 35.4 Å². The van der Waals surface area contributed by atoms with Crippen LogP contribution < -0.4 is 5.73 Å². The molecule has 0 fully saturated rings. The molecule has 0 aliphatic rings. The number of nitrogens with two attached hydrogens (primary N) is 1. The van der Waals surface area contributed by atoms with Crippen molar-refractivity contribution in [1.29, 1.82) is 0 Å². The Hall–Kier alpha value is -2.56. The Morgan fingerprint density at radius 3 is 1.83 bits per heavy atom. The summed E-state index contributed by atoms with van der Waals surface area (Å²) in [7, 11) is 0. The molecule has 0 bridgehead atoms. The fourth-order valence-electron chi connectivity index (χ4n) is 2.97. The molecule has 3 rings (SSSR count). The van der Waals surface area contributed by atoms with Crippen LogP contribution in [-0.4, -0.2) is 29.6 Å². The van der Waals surface area contributed by atoms with Crippen LogP contribution in [0.5, 0.6) is 0 Å². The minimum absolute atomic E-state index is 0. The quantitative estimate of drug-likeness (QED) is 0.356. The molecule has 1 radical (unpaired) electrons. The second-order valence-electron chi connectivity index (χ2n) is 6.71. The molecule has 0 saturated carbocycles. The number of aryl methyl sites for hydroxylation is 1. The predicted octanol–water partition coefficient (Wildman–Crippen LogP) is 5.26. The molecule has 1 nitrogen and oxygen atoms in total. The maximum atomic E-state index is 13.9. The zero-order valence-electron chi connectivity index (χ0n) is 17.2. The molecule has 0 saturated heterocycles. The minimum Gasteiger partial charge on any atom is -0.359 e. The topological polar surface area (TPSA) is 26.0 Å². The van der Waals surface area contributed by atoms with E-state index in [1.807, 2.05) is 30.3 Å². The van der Waals surface area contributed by atoms with Crippen molar-refractivity contribution in [3.63, 3.8) is 0 Å². The van der Waals surface area contributed by atoms with Crippen LogP contribution in [0.3, 0.4) is 0 Å². The first kappa shape index (κ1) is 23.7. The van der Waals surface area contributed by atoms with Gasteiger partial charge in [-0.05, 0) is 59.7 Å². The third-order valence-electron chi connectivity index (χ3n) is 4.58. The first-order valence-corrected chi connectivity index (χ1v) is 9.52. The van der Waals surface area contributed by atoms with Gasteiger partial charge in [0.15, 0.2) is 0 Å². The average molecular weight is 408 g/mol. The summed E-state index contributed by atoms with van der Waals surface area (Å²) in [6, 6.07) is 20.7. The molecule has 3 aromatic rings. The Bertz CT molecular complexity index is 1090. The SMILES string of the molecule is CCCCc1ccc(-c2ccc(C#Cc3cc(F)c(C#CN)c(F)c3)cc2)cc1.[Na]. The van der Waals surface area contributed by atoms with Gasteiger partial charge in [0.1, 0.15) is 11.6 Å². The summed E-state index contributed by atoms with van der Waals surface area (Å²) >= 11 is 0. The molecule has 0 atom stereocenters. The van der Waals surface area contributed by atoms with Gasteiger partial charge in [-0.1, -0.05) is 61.6 Å². The number of hydrogen-bond donors (Lipinski definition) is 1. The van der Waals surface area contributed by atoms with Crippen molar-refractivity contribution < 1.29 is 8.78 Å². The van der Waals surface area contributed by atoms with Gasteiger partial charge in [0.2, 0.25) is 0 Å². The van der Waals surface area contributed by atoms with Gasteiger partial charge in [-0.2, -0.15) is 0 Å². The van der Waals surface area contributed by atoms with E-state index in [0.29, 0.717) is 0 Å². The van der Waals surface area contributed by atoms with Gasteiger partial charge in [0.25, 0.3) is 0 Å². The molecular weight excluding hydrogens is 387 g/mol. The summed E-state index contributed by atoms with van der Waals surface area (Å²) in [5, 5.41) is 0. The molecule has 0 amide bonds. The van der Waals surface area contributed by atoms with Crippen LogP contribution in [0.1, 0.15) is 42.0 Å². The molecule has 0 spiro atoms. The zero-order chi connectivity index (χ0) is 20.6. The normalized spacial score (nSPS) is 9.57. The monoisotopic (exact) mass is 408 g/mol. The number of halogens is 2. The van der Waals surface area contributed by atoms with Crippen LogP contribution in [0.4, 0.5) is 8.78 Å². The van der Waals surface area contributed by atoms with E-state index < -0.39 is 11.6 Å². The summed E-state index contributed by atoms with van der Waals surface area (Å²) < 4.78 is 27.8. The average Bonchev–Trinajstić information content (AvgIpc) is 2.74. The van der Waals surface area contributed by atoms with E-state index in [9.17, 15) is 8.78 Å². The second kappa shape index (κ2) is 11.6. The van der Waals surface area contributed by atoms with Crippen molar-refractivity contribution in [3.05, 3.63) is 94.6 Å². The van der Waals surface area contributed by atoms with Gasteiger partial charge in [-0.25, -0.2) is 8.78 Å². The summed E-state index contributed by atoms with van der Waals surface area (Å²) in [6.07, 6.45) is 3.49. The molecule has 4 heteroatoms. The smallest absolute Gasteiger partial charge is 0.143 e. The Morgan fingerprint density at radius 1 is 0.767 bits per heavy atom. The van der Waals surface area contributed by atoms with Crippen LogP contribution >= 0.6 is 0 Å². The van der Waals surface area contributed by atoms with E-state index in [2.05, 4.69) is 49.0 Å². The van der Waals surface area contributed by atoms with Gasteiger partial charge in [0, 0.05) is 46.7 Å². The summed E-state index contributed by atoms with van der Waals surface area (Å²) in [5.74, 6) is 6.39. The molecule has 145 valence electrons. The molecule has 0 heterocycles. The van der Waals surface area contributed by atoms with Crippen LogP contribution in [0.2, 0.25) is 0 Å². The molecule has 0 aliphatic heterocycles. The Labute approximate surface area is 199 Å². The van der Waals surface area contributed by atoms with Crippen molar-refractivity contribution in [2.45, 2.75) is 26.2 Å². The fourth-order valence-corrected chi connectivity index (χ4v) is 2.97. The maximum Gasteiger partial charge on any atom is 0.143 e. The van der Waals surface area contributed by atoms with Crippen LogP contribution in [-0.2, 0) is 6.42 Å². The Kier molecular flexibility index (Phi) is 9.15. The van der Waals surface area contributed by atoms with Gasteiger partial charge >= 0.3 is 0 Å². The molecule has 2 N–H and O–H groups in total. The van der Waals surface area contributed by atoms with E-state index in [-0.39, 0.29) is 40.7 Å². The third kappa shape index (κ3) is 6.22. The van der Waals surface area contributed by atoms with Crippen molar-refractivity contribution in [3.8, 4) is 34.9 Å². The van der Waals surface area contributed by atoms with Gasteiger partial charge in [-0.15, -0.1) is 0 Å². The third-order valence-corrected chi connectivity index (χ3v) is 4.58. The van der Waals surface area contributed by atoms with E-state index in [0.717, 1.165) is 35.2 Å². The van der Waals surface area contributed by atoms with Crippen LogP contribution in [0.15, 0.2) is 60.7 Å². The van der Waals surface area contributed by atoms with Gasteiger partial charge in [0.05, 0.1) is 5.56 Å². The maximum absolute atomic E-state index is 13.9. The molecule has 3 aromatic carbocycles. The zero-order valence-corrected chi connectivity index (χ0v) is 19.2. The largest absolute Gasteiger partial charge is 0.359 e. The fraction of sp³-hybridized carbons (Fsp3) is 0.154. The van der Waals surface area contributed by atoms with E-state index in [1.54, 1.807) is 0 Å². The van der Waals surface area contributed by atoms with Gasteiger partial charge < -0.3 is 5.73 Å². The predicted molar refractivity (Wildman–Crippen MR) is 120 cm³/mol. The molecule has 0 aromatic heterocycles. The molecular formula is C26H21F2NNa. The van der Waals surface area contributed by atoms with Crippen molar-refractivity contribution in [2.24, 2.45) is 5.73 Å². The number of rotatable bonds is 4.